The molecule has 5 heteroatoms. The zero-order chi connectivity index (χ0) is 15.1. The van der Waals surface area contributed by atoms with Crippen LogP contribution in [0.1, 0.15) is 12.0 Å². The van der Waals surface area contributed by atoms with E-state index in [1.807, 2.05) is 31.2 Å². The molecular weight excluding hydrogens is 256 g/mol. The molecule has 0 fully saturated rings. The third-order valence-corrected chi connectivity index (χ3v) is 2.92. The first-order valence-corrected chi connectivity index (χ1v) is 6.38. The molecule has 108 valence electrons. The maximum atomic E-state index is 12.4. The maximum absolute atomic E-state index is 12.4. The number of carboxylic acids is 1. The molecule has 1 aromatic rings. The first-order valence-electron chi connectivity index (χ1n) is 6.38. The minimum atomic E-state index is -0.928. The third-order valence-electron chi connectivity index (χ3n) is 2.92. The highest BCUT2D eigenvalue weighted by Gasteiger charge is 2.21. The summed E-state index contributed by atoms with van der Waals surface area (Å²) >= 11 is 0. The summed E-state index contributed by atoms with van der Waals surface area (Å²) in [6, 6.07) is 7.18. The standard InChI is InChI=1S/C15H20N2O3/c1-4-10-16(3)15(20)17(11-9-14(18)19)13-8-6-5-7-12(13)2/h4-8H,1,9-11H2,2-3H3,(H,18,19). The number of hydrogen-bond acceptors (Lipinski definition) is 2. The van der Waals surface area contributed by atoms with Crippen LogP contribution in [0.4, 0.5) is 10.5 Å². The van der Waals surface area contributed by atoms with Crippen molar-refractivity contribution in [2.24, 2.45) is 0 Å². The third kappa shape index (κ3) is 4.12. The molecule has 0 aliphatic carbocycles. The van der Waals surface area contributed by atoms with Crippen LogP contribution in [0.25, 0.3) is 0 Å². The first-order chi connectivity index (χ1) is 9.47. The molecule has 0 saturated carbocycles. The lowest BCUT2D eigenvalue weighted by Gasteiger charge is -2.28. The number of hydrogen-bond donors (Lipinski definition) is 1. The van der Waals surface area contributed by atoms with Crippen molar-refractivity contribution in [1.82, 2.24) is 4.90 Å². The molecule has 0 spiro atoms. The van der Waals surface area contributed by atoms with Gasteiger partial charge < -0.3 is 10.0 Å². The van der Waals surface area contributed by atoms with Crippen LogP contribution in [0.15, 0.2) is 36.9 Å². The number of rotatable bonds is 6. The van der Waals surface area contributed by atoms with Crippen molar-refractivity contribution < 1.29 is 14.7 Å². The van der Waals surface area contributed by atoms with Crippen LogP contribution in [-0.2, 0) is 4.79 Å². The summed E-state index contributed by atoms with van der Waals surface area (Å²) in [5.41, 5.74) is 1.66. The van der Waals surface area contributed by atoms with Gasteiger partial charge in [-0.15, -0.1) is 6.58 Å². The molecule has 0 heterocycles. The minimum absolute atomic E-state index is 0.0952. The van der Waals surface area contributed by atoms with E-state index in [2.05, 4.69) is 6.58 Å². The Bertz CT molecular complexity index is 500. The molecule has 0 aliphatic rings. The summed E-state index contributed by atoms with van der Waals surface area (Å²) in [4.78, 5) is 26.2. The minimum Gasteiger partial charge on any atom is -0.481 e. The van der Waals surface area contributed by atoms with E-state index in [4.69, 9.17) is 5.11 Å². The second-order valence-corrected chi connectivity index (χ2v) is 4.53. The van der Waals surface area contributed by atoms with E-state index >= 15 is 0 Å². The Balaban J connectivity index is 3.02. The van der Waals surface area contributed by atoms with Gasteiger partial charge >= 0.3 is 12.0 Å². The molecule has 0 unspecified atom stereocenters. The normalized spacial score (nSPS) is 9.90. The van der Waals surface area contributed by atoms with Crippen molar-refractivity contribution in [2.75, 3.05) is 25.0 Å². The Morgan fingerprint density at radius 1 is 1.35 bits per heavy atom. The van der Waals surface area contributed by atoms with Gasteiger partial charge in [-0.1, -0.05) is 24.3 Å². The van der Waals surface area contributed by atoms with Crippen molar-refractivity contribution in [2.45, 2.75) is 13.3 Å². The number of urea groups is 1. The monoisotopic (exact) mass is 276 g/mol. The van der Waals surface area contributed by atoms with Gasteiger partial charge in [0.2, 0.25) is 0 Å². The Morgan fingerprint density at radius 2 is 2.00 bits per heavy atom. The molecule has 2 amide bonds. The molecule has 0 saturated heterocycles. The summed E-state index contributed by atoms with van der Waals surface area (Å²) in [5, 5.41) is 8.83. The number of carbonyl (C=O) groups excluding carboxylic acids is 1. The van der Waals surface area contributed by atoms with E-state index in [1.54, 1.807) is 13.1 Å². The number of carbonyl (C=O) groups is 2. The maximum Gasteiger partial charge on any atom is 0.324 e. The Labute approximate surface area is 119 Å². The van der Waals surface area contributed by atoms with Crippen molar-refractivity contribution in [1.29, 1.82) is 0 Å². The molecule has 0 atom stereocenters. The Morgan fingerprint density at radius 3 is 2.55 bits per heavy atom. The number of amides is 2. The van der Waals surface area contributed by atoms with E-state index in [0.717, 1.165) is 11.3 Å². The molecule has 0 aliphatic heterocycles. The van der Waals surface area contributed by atoms with Gasteiger partial charge in [0.25, 0.3) is 0 Å². The predicted molar refractivity (Wildman–Crippen MR) is 79.0 cm³/mol. The summed E-state index contributed by atoms with van der Waals surface area (Å²) in [6.45, 7) is 6.04. The molecule has 20 heavy (non-hydrogen) atoms. The zero-order valence-electron chi connectivity index (χ0n) is 11.9. The van der Waals surface area contributed by atoms with Gasteiger partial charge in [0.15, 0.2) is 0 Å². The van der Waals surface area contributed by atoms with Gasteiger partial charge in [-0.2, -0.15) is 0 Å². The number of aryl methyl sites for hydroxylation is 1. The first kappa shape index (κ1) is 15.8. The SMILES string of the molecule is C=CCN(C)C(=O)N(CCC(=O)O)c1ccccc1C. The van der Waals surface area contributed by atoms with E-state index in [0.29, 0.717) is 6.54 Å². The topological polar surface area (TPSA) is 60.9 Å². The molecule has 1 N–H and O–H groups in total. The molecule has 1 aromatic carbocycles. The fourth-order valence-corrected chi connectivity index (χ4v) is 1.87. The molecular formula is C15H20N2O3. The van der Waals surface area contributed by atoms with Gasteiger partial charge in [-0.05, 0) is 18.6 Å². The van der Waals surface area contributed by atoms with Gasteiger partial charge in [0.05, 0.1) is 6.42 Å². The number of carboxylic acid groups (broad SMARTS) is 1. The largest absolute Gasteiger partial charge is 0.481 e. The van der Waals surface area contributed by atoms with Crippen molar-refractivity contribution in [3.8, 4) is 0 Å². The van der Waals surface area contributed by atoms with E-state index in [-0.39, 0.29) is 19.0 Å². The summed E-state index contributed by atoms with van der Waals surface area (Å²) in [5.74, 6) is -0.928. The van der Waals surface area contributed by atoms with Crippen LogP contribution in [-0.4, -0.2) is 42.1 Å². The van der Waals surface area contributed by atoms with Gasteiger partial charge in [0.1, 0.15) is 0 Å². The smallest absolute Gasteiger partial charge is 0.324 e. The van der Waals surface area contributed by atoms with E-state index in [9.17, 15) is 9.59 Å². The lowest BCUT2D eigenvalue weighted by Crippen LogP contribution is -2.42. The van der Waals surface area contributed by atoms with Crippen LogP contribution < -0.4 is 4.90 Å². The summed E-state index contributed by atoms with van der Waals surface area (Å²) in [7, 11) is 1.66. The predicted octanol–water partition coefficient (Wildman–Crippen LogP) is 2.51. The zero-order valence-corrected chi connectivity index (χ0v) is 11.9. The van der Waals surface area contributed by atoms with Gasteiger partial charge in [-0.25, -0.2) is 4.79 Å². The Hall–Kier alpha value is -2.30. The average Bonchev–Trinajstić information content (AvgIpc) is 2.40. The molecule has 0 bridgehead atoms. The number of para-hydroxylation sites is 1. The molecule has 1 rings (SSSR count). The summed E-state index contributed by atoms with van der Waals surface area (Å²) < 4.78 is 0. The van der Waals surface area contributed by atoms with Crippen molar-refractivity contribution in [3.63, 3.8) is 0 Å². The summed E-state index contributed by atoms with van der Waals surface area (Å²) in [6.07, 6.45) is 1.53. The average molecular weight is 276 g/mol. The van der Waals surface area contributed by atoms with Crippen LogP contribution >= 0.6 is 0 Å². The van der Waals surface area contributed by atoms with Crippen LogP contribution in [0.2, 0.25) is 0 Å². The van der Waals surface area contributed by atoms with Gasteiger partial charge in [0, 0.05) is 25.8 Å². The highest BCUT2D eigenvalue weighted by molar-refractivity contribution is 5.93. The second-order valence-electron chi connectivity index (χ2n) is 4.53. The fraction of sp³-hybridized carbons (Fsp3) is 0.333. The highest BCUT2D eigenvalue weighted by Crippen LogP contribution is 2.21. The second kappa shape index (κ2) is 7.33. The number of benzene rings is 1. The number of aliphatic carboxylic acids is 1. The number of likely N-dealkylation sites (N-methyl/N-ethyl adjacent to an activating group) is 1. The quantitative estimate of drug-likeness (QED) is 0.812. The van der Waals surface area contributed by atoms with Crippen LogP contribution in [0.3, 0.4) is 0 Å². The van der Waals surface area contributed by atoms with Gasteiger partial charge in [-0.3, -0.25) is 9.69 Å². The van der Waals surface area contributed by atoms with E-state index < -0.39 is 5.97 Å². The molecule has 0 radical (unpaired) electrons. The number of nitrogens with zero attached hydrogens (tertiary/aromatic N) is 2. The highest BCUT2D eigenvalue weighted by atomic mass is 16.4. The lowest BCUT2D eigenvalue weighted by molar-refractivity contribution is -0.136. The van der Waals surface area contributed by atoms with Crippen molar-refractivity contribution >= 4 is 17.7 Å². The molecule has 5 nitrogen and oxygen atoms in total. The van der Waals surface area contributed by atoms with E-state index in [1.165, 1.54) is 9.80 Å². The fourth-order valence-electron chi connectivity index (χ4n) is 1.87. The van der Waals surface area contributed by atoms with Crippen LogP contribution in [0.5, 0.6) is 0 Å². The number of anilines is 1. The lowest BCUT2D eigenvalue weighted by atomic mass is 10.2. The molecule has 0 aromatic heterocycles. The Kier molecular flexibility index (Phi) is 5.77. The van der Waals surface area contributed by atoms with Crippen LogP contribution in [0, 0.1) is 6.92 Å². The van der Waals surface area contributed by atoms with Crippen molar-refractivity contribution in [3.05, 3.63) is 42.5 Å².